The minimum Gasteiger partial charge on any atom is -0.496 e. The van der Waals surface area contributed by atoms with E-state index in [4.69, 9.17) is 9.47 Å². The summed E-state index contributed by atoms with van der Waals surface area (Å²) in [4.78, 5) is 23.2. The van der Waals surface area contributed by atoms with Crippen LogP contribution < -0.4 is 14.9 Å². The third kappa shape index (κ3) is 4.61. The molecule has 3 aromatic rings. The molecular weight excluding hydrogens is 386 g/mol. The van der Waals surface area contributed by atoms with Gasteiger partial charge in [-0.05, 0) is 29.0 Å². The van der Waals surface area contributed by atoms with Crippen molar-refractivity contribution in [2.75, 3.05) is 13.7 Å². The van der Waals surface area contributed by atoms with E-state index in [1.807, 2.05) is 24.3 Å². The number of nitro benzene ring substituents is 1. The van der Waals surface area contributed by atoms with Crippen molar-refractivity contribution < 1.29 is 19.2 Å². The molecule has 0 aliphatic rings. The molecule has 0 saturated heterocycles. The maximum atomic E-state index is 12.6. The van der Waals surface area contributed by atoms with Crippen LogP contribution in [0.4, 0.5) is 5.69 Å². The maximum Gasteiger partial charge on any atom is 0.275 e. The van der Waals surface area contributed by atoms with Crippen LogP contribution in [0, 0.1) is 10.1 Å². The lowest BCUT2D eigenvalue weighted by Crippen LogP contribution is -2.18. The van der Waals surface area contributed by atoms with Gasteiger partial charge in [-0.1, -0.05) is 36.9 Å². The monoisotopic (exact) mass is 405 g/mol. The number of benzene rings is 3. The van der Waals surface area contributed by atoms with Crippen LogP contribution in [0.5, 0.6) is 11.5 Å². The van der Waals surface area contributed by atoms with Gasteiger partial charge in [-0.25, -0.2) is 5.43 Å². The third-order valence-electron chi connectivity index (χ3n) is 4.24. The number of methoxy groups -OCH3 is 1. The smallest absolute Gasteiger partial charge is 0.275 e. The molecule has 0 aromatic heterocycles. The van der Waals surface area contributed by atoms with Crippen LogP contribution in [0.2, 0.25) is 0 Å². The molecule has 0 spiro atoms. The number of ether oxygens (including phenoxy) is 2. The summed E-state index contributed by atoms with van der Waals surface area (Å²) >= 11 is 0. The molecule has 0 radical (unpaired) electrons. The van der Waals surface area contributed by atoms with Crippen LogP contribution in [0.15, 0.2) is 72.4 Å². The average Bonchev–Trinajstić information content (AvgIpc) is 2.76. The maximum absolute atomic E-state index is 12.6. The second kappa shape index (κ2) is 9.33. The summed E-state index contributed by atoms with van der Waals surface area (Å²) in [5.74, 6) is 0.307. The van der Waals surface area contributed by atoms with Crippen molar-refractivity contribution in [3.8, 4) is 11.5 Å². The van der Waals surface area contributed by atoms with Gasteiger partial charge in [0.05, 0.1) is 23.8 Å². The first-order valence-corrected chi connectivity index (χ1v) is 8.96. The van der Waals surface area contributed by atoms with E-state index in [0.29, 0.717) is 22.6 Å². The van der Waals surface area contributed by atoms with Gasteiger partial charge in [0.1, 0.15) is 18.1 Å². The Morgan fingerprint density at radius 2 is 1.90 bits per heavy atom. The van der Waals surface area contributed by atoms with Crippen LogP contribution in [0.3, 0.4) is 0 Å². The Morgan fingerprint density at radius 1 is 1.17 bits per heavy atom. The number of carbonyl (C=O) groups is 1. The molecule has 8 nitrogen and oxygen atoms in total. The topological polar surface area (TPSA) is 103 Å². The normalized spacial score (nSPS) is 10.7. The zero-order chi connectivity index (χ0) is 21.5. The number of nitrogens with zero attached hydrogens (tertiary/aromatic N) is 2. The lowest BCUT2D eigenvalue weighted by Gasteiger charge is -2.09. The van der Waals surface area contributed by atoms with Crippen LogP contribution in [0.25, 0.3) is 10.8 Å². The highest BCUT2D eigenvalue weighted by Gasteiger charge is 2.14. The highest BCUT2D eigenvalue weighted by molar-refractivity contribution is 6.02. The van der Waals surface area contributed by atoms with E-state index in [-0.39, 0.29) is 12.3 Å². The van der Waals surface area contributed by atoms with E-state index in [0.717, 1.165) is 10.8 Å². The first-order valence-electron chi connectivity index (χ1n) is 8.96. The molecule has 3 rings (SSSR count). The van der Waals surface area contributed by atoms with Crippen molar-refractivity contribution in [3.05, 3.63) is 88.5 Å². The fourth-order valence-corrected chi connectivity index (χ4v) is 2.82. The number of amides is 1. The summed E-state index contributed by atoms with van der Waals surface area (Å²) in [6, 6.07) is 15.2. The molecule has 8 heteroatoms. The Kier molecular flexibility index (Phi) is 6.39. The van der Waals surface area contributed by atoms with E-state index in [1.165, 1.54) is 31.5 Å². The Balaban J connectivity index is 1.85. The van der Waals surface area contributed by atoms with E-state index in [9.17, 15) is 14.9 Å². The molecule has 0 bridgehead atoms. The Labute approximate surface area is 172 Å². The number of fused-ring (bicyclic) bond motifs is 1. The number of hydrazone groups is 1. The third-order valence-corrected chi connectivity index (χ3v) is 4.24. The van der Waals surface area contributed by atoms with Crippen LogP contribution in [0.1, 0.15) is 15.9 Å². The molecular formula is C22H19N3O5. The van der Waals surface area contributed by atoms with Crippen molar-refractivity contribution in [1.82, 2.24) is 5.43 Å². The predicted molar refractivity (Wildman–Crippen MR) is 114 cm³/mol. The first-order chi connectivity index (χ1) is 14.5. The number of rotatable bonds is 8. The lowest BCUT2D eigenvalue weighted by molar-refractivity contribution is -0.384. The van der Waals surface area contributed by atoms with Gasteiger partial charge in [0.15, 0.2) is 0 Å². The molecule has 0 aliphatic carbocycles. The summed E-state index contributed by atoms with van der Waals surface area (Å²) in [5, 5.41) is 16.8. The zero-order valence-corrected chi connectivity index (χ0v) is 16.2. The summed E-state index contributed by atoms with van der Waals surface area (Å²) in [5.41, 5.74) is 2.96. The Morgan fingerprint density at radius 3 is 2.57 bits per heavy atom. The van der Waals surface area contributed by atoms with Crippen molar-refractivity contribution >= 4 is 28.6 Å². The van der Waals surface area contributed by atoms with E-state index in [1.54, 1.807) is 18.2 Å². The largest absolute Gasteiger partial charge is 0.496 e. The van der Waals surface area contributed by atoms with Gasteiger partial charge >= 0.3 is 0 Å². The second-order valence-electron chi connectivity index (χ2n) is 6.18. The summed E-state index contributed by atoms with van der Waals surface area (Å²) in [6.45, 7) is 3.79. The predicted octanol–water partition coefficient (Wildman–Crippen LogP) is 4.09. The number of hydrogen-bond acceptors (Lipinski definition) is 6. The highest BCUT2D eigenvalue weighted by atomic mass is 16.6. The van der Waals surface area contributed by atoms with Crippen molar-refractivity contribution in [3.63, 3.8) is 0 Å². The fourth-order valence-electron chi connectivity index (χ4n) is 2.82. The van der Waals surface area contributed by atoms with E-state index in [2.05, 4.69) is 17.1 Å². The van der Waals surface area contributed by atoms with Gasteiger partial charge in [0.2, 0.25) is 0 Å². The van der Waals surface area contributed by atoms with Crippen molar-refractivity contribution in [1.29, 1.82) is 0 Å². The van der Waals surface area contributed by atoms with Gasteiger partial charge in [-0.15, -0.1) is 0 Å². The molecule has 1 N–H and O–H groups in total. The average molecular weight is 405 g/mol. The minimum absolute atomic E-state index is 0.120. The lowest BCUT2D eigenvalue weighted by atomic mass is 10.1. The zero-order valence-electron chi connectivity index (χ0n) is 16.2. The van der Waals surface area contributed by atoms with E-state index < -0.39 is 10.8 Å². The number of hydrogen-bond donors (Lipinski definition) is 1. The van der Waals surface area contributed by atoms with E-state index >= 15 is 0 Å². The van der Waals surface area contributed by atoms with Crippen LogP contribution in [-0.2, 0) is 0 Å². The molecule has 0 fully saturated rings. The fraction of sp³-hybridized carbons (Fsp3) is 0.0909. The summed E-state index contributed by atoms with van der Waals surface area (Å²) < 4.78 is 10.8. The SMILES string of the molecule is C=CCOc1ccc([N+](=O)[O-])cc1C=NNC(=O)c1cc2ccccc2cc1OC. The Hall–Kier alpha value is -4.20. The van der Waals surface area contributed by atoms with Crippen LogP contribution >= 0.6 is 0 Å². The molecule has 30 heavy (non-hydrogen) atoms. The first kappa shape index (κ1) is 20.5. The summed E-state index contributed by atoms with van der Waals surface area (Å²) in [6.07, 6.45) is 2.84. The van der Waals surface area contributed by atoms with Crippen molar-refractivity contribution in [2.24, 2.45) is 5.10 Å². The number of non-ortho nitro benzene ring substituents is 1. The number of nitrogens with one attached hydrogen (secondary N) is 1. The van der Waals surface area contributed by atoms with Crippen LogP contribution in [-0.4, -0.2) is 30.8 Å². The highest BCUT2D eigenvalue weighted by Crippen LogP contribution is 2.26. The molecule has 0 aliphatic heterocycles. The number of carbonyl (C=O) groups excluding carboxylic acids is 1. The standard InChI is InChI=1S/C22H19N3O5/c1-3-10-30-20-9-8-18(25(27)28)11-17(20)14-23-24-22(26)19-12-15-6-4-5-7-16(15)13-21(19)29-2/h3-9,11-14H,1,10H2,2H3,(H,24,26). The van der Waals surface area contributed by atoms with Crippen molar-refractivity contribution in [2.45, 2.75) is 0 Å². The number of nitro groups is 1. The molecule has 152 valence electrons. The van der Waals surface area contributed by atoms with Gasteiger partial charge in [-0.2, -0.15) is 5.10 Å². The van der Waals surface area contributed by atoms with Gasteiger partial charge < -0.3 is 9.47 Å². The Bertz CT molecular complexity index is 1140. The molecule has 0 atom stereocenters. The molecule has 0 saturated carbocycles. The second-order valence-corrected chi connectivity index (χ2v) is 6.18. The molecule has 3 aromatic carbocycles. The van der Waals surface area contributed by atoms with Gasteiger partial charge in [-0.3, -0.25) is 14.9 Å². The minimum atomic E-state index is -0.521. The quantitative estimate of drug-likeness (QED) is 0.263. The van der Waals surface area contributed by atoms with Gasteiger partial charge in [0, 0.05) is 17.7 Å². The molecule has 1 amide bonds. The molecule has 0 unspecified atom stereocenters. The summed E-state index contributed by atoms with van der Waals surface area (Å²) in [7, 11) is 1.48. The van der Waals surface area contributed by atoms with Gasteiger partial charge in [0.25, 0.3) is 11.6 Å². The molecule has 0 heterocycles.